The average Bonchev–Trinajstić information content (AvgIpc) is 2.84. The summed E-state index contributed by atoms with van der Waals surface area (Å²) < 4.78 is 11.2. The summed E-state index contributed by atoms with van der Waals surface area (Å²) in [7, 11) is 0. The van der Waals surface area contributed by atoms with E-state index in [4.69, 9.17) is 15.2 Å². The minimum Gasteiger partial charge on any atom is -0.489 e. The van der Waals surface area contributed by atoms with Gasteiger partial charge in [0.25, 0.3) is 0 Å². The van der Waals surface area contributed by atoms with E-state index in [-0.39, 0.29) is 19.6 Å². The summed E-state index contributed by atoms with van der Waals surface area (Å²) in [5.41, 5.74) is 8.85. The van der Waals surface area contributed by atoms with E-state index < -0.39 is 24.0 Å². The summed E-state index contributed by atoms with van der Waals surface area (Å²) in [5, 5.41) is 11.9. The highest BCUT2D eigenvalue weighted by Gasteiger charge is 2.23. The van der Waals surface area contributed by atoms with E-state index in [2.05, 4.69) is 5.32 Å². The van der Waals surface area contributed by atoms with Crippen molar-refractivity contribution in [2.24, 2.45) is 5.73 Å². The Hall–Kier alpha value is -3.68. The summed E-state index contributed by atoms with van der Waals surface area (Å²) in [6.45, 7) is 0.562. The lowest BCUT2D eigenvalue weighted by Gasteiger charge is -2.18. The first-order valence-corrected chi connectivity index (χ1v) is 10.7. The number of hydrogen-bond acceptors (Lipinski definition) is 5. The number of amides is 1. The Labute approximate surface area is 193 Å². The Bertz CT molecular complexity index is 1010. The monoisotopic (exact) mass is 448 g/mol. The molecule has 0 aliphatic rings. The molecule has 172 valence electrons. The first kappa shape index (κ1) is 24.0. The topological polar surface area (TPSA) is 111 Å². The van der Waals surface area contributed by atoms with Crippen LogP contribution in [0.15, 0.2) is 84.9 Å². The fraction of sp³-hybridized carbons (Fsp3) is 0.231. The standard InChI is InChI=1S/C26H28N2O5/c27-23(15-19-11-13-22(14-12-19)33-17-21-9-5-2-6-10-21)25(29)28-24(26(30)31)18-32-16-20-7-3-1-4-8-20/h1-14,23-24H,15-18,27H2,(H,28,29)(H,30,31)/t23-,24+/m0/s1. The maximum absolute atomic E-state index is 12.4. The lowest BCUT2D eigenvalue weighted by atomic mass is 10.1. The van der Waals surface area contributed by atoms with Gasteiger partial charge >= 0.3 is 5.97 Å². The Balaban J connectivity index is 1.45. The zero-order valence-electron chi connectivity index (χ0n) is 18.2. The Morgan fingerprint density at radius 2 is 1.39 bits per heavy atom. The molecular weight excluding hydrogens is 420 g/mol. The van der Waals surface area contributed by atoms with Crippen LogP contribution >= 0.6 is 0 Å². The van der Waals surface area contributed by atoms with Gasteiger partial charge in [0, 0.05) is 0 Å². The lowest BCUT2D eigenvalue weighted by Crippen LogP contribution is -2.51. The third kappa shape index (κ3) is 8.07. The molecule has 0 bridgehead atoms. The molecule has 2 atom stereocenters. The van der Waals surface area contributed by atoms with Crippen molar-refractivity contribution in [3.05, 3.63) is 102 Å². The molecule has 0 aliphatic heterocycles. The molecule has 0 radical (unpaired) electrons. The second kappa shape index (κ2) is 12.4. The van der Waals surface area contributed by atoms with Crippen LogP contribution in [0.5, 0.6) is 5.75 Å². The van der Waals surface area contributed by atoms with Gasteiger partial charge in [0.2, 0.25) is 5.91 Å². The molecule has 3 aromatic carbocycles. The molecule has 3 aromatic rings. The van der Waals surface area contributed by atoms with Crippen molar-refractivity contribution in [2.75, 3.05) is 6.61 Å². The summed E-state index contributed by atoms with van der Waals surface area (Å²) >= 11 is 0. The van der Waals surface area contributed by atoms with Crippen molar-refractivity contribution in [3.8, 4) is 5.75 Å². The van der Waals surface area contributed by atoms with Crippen LogP contribution in [0.25, 0.3) is 0 Å². The van der Waals surface area contributed by atoms with E-state index >= 15 is 0 Å². The van der Waals surface area contributed by atoms with Gasteiger partial charge in [-0.05, 0) is 35.2 Å². The molecule has 7 nitrogen and oxygen atoms in total. The van der Waals surface area contributed by atoms with Gasteiger partial charge in [0.15, 0.2) is 6.04 Å². The van der Waals surface area contributed by atoms with Gasteiger partial charge < -0.3 is 25.6 Å². The molecule has 0 saturated carbocycles. The molecule has 0 aromatic heterocycles. The normalized spacial score (nSPS) is 12.5. The van der Waals surface area contributed by atoms with Gasteiger partial charge in [-0.1, -0.05) is 72.8 Å². The number of carboxylic acids is 1. The van der Waals surface area contributed by atoms with E-state index in [9.17, 15) is 14.7 Å². The summed E-state index contributed by atoms with van der Waals surface area (Å²) in [6, 6.07) is 24.5. The molecule has 7 heteroatoms. The molecule has 0 aliphatic carbocycles. The van der Waals surface area contributed by atoms with Crippen LogP contribution in [0.3, 0.4) is 0 Å². The van der Waals surface area contributed by atoms with E-state index in [1.807, 2.05) is 84.9 Å². The second-order valence-electron chi connectivity index (χ2n) is 7.63. The van der Waals surface area contributed by atoms with Crippen molar-refractivity contribution in [1.82, 2.24) is 5.32 Å². The van der Waals surface area contributed by atoms with Gasteiger partial charge in [-0.15, -0.1) is 0 Å². The van der Waals surface area contributed by atoms with Crippen molar-refractivity contribution in [1.29, 1.82) is 0 Å². The van der Waals surface area contributed by atoms with E-state index in [1.54, 1.807) is 0 Å². The van der Waals surface area contributed by atoms with Crippen LogP contribution in [-0.2, 0) is 34.0 Å². The van der Waals surface area contributed by atoms with Gasteiger partial charge in [0.05, 0.1) is 19.3 Å². The zero-order valence-corrected chi connectivity index (χ0v) is 18.2. The molecule has 0 unspecified atom stereocenters. The number of benzene rings is 3. The first-order valence-electron chi connectivity index (χ1n) is 10.7. The predicted octanol–water partition coefficient (Wildman–Crippen LogP) is 2.92. The number of hydrogen-bond donors (Lipinski definition) is 3. The van der Waals surface area contributed by atoms with Crippen molar-refractivity contribution >= 4 is 11.9 Å². The molecule has 0 fully saturated rings. The summed E-state index contributed by atoms with van der Waals surface area (Å²) in [4.78, 5) is 24.0. The summed E-state index contributed by atoms with van der Waals surface area (Å²) in [5.74, 6) is -1.01. The lowest BCUT2D eigenvalue weighted by molar-refractivity contribution is -0.144. The minimum absolute atomic E-state index is 0.157. The fourth-order valence-electron chi connectivity index (χ4n) is 3.13. The highest BCUT2D eigenvalue weighted by molar-refractivity contribution is 5.87. The minimum atomic E-state index is -1.18. The number of nitrogens with one attached hydrogen (secondary N) is 1. The van der Waals surface area contributed by atoms with E-state index in [0.29, 0.717) is 12.4 Å². The van der Waals surface area contributed by atoms with Gasteiger partial charge in [0.1, 0.15) is 12.4 Å². The van der Waals surface area contributed by atoms with Crippen molar-refractivity contribution in [3.63, 3.8) is 0 Å². The van der Waals surface area contributed by atoms with Crippen molar-refractivity contribution in [2.45, 2.75) is 31.7 Å². The van der Waals surface area contributed by atoms with Crippen LogP contribution in [0.4, 0.5) is 0 Å². The van der Waals surface area contributed by atoms with Crippen LogP contribution in [0.2, 0.25) is 0 Å². The molecule has 33 heavy (non-hydrogen) atoms. The maximum Gasteiger partial charge on any atom is 0.328 e. The van der Waals surface area contributed by atoms with Gasteiger partial charge in [-0.2, -0.15) is 0 Å². The van der Waals surface area contributed by atoms with Gasteiger partial charge in [-0.25, -0.2) is 4.79 Å². The molecule has 0 saturated heterocycles. The Morgan fingerprint density at radius 3 is 1.97 bits per heavy atom. The van der Waals surface area contributed by atoms with Crippen LogP contribution < -0.4 is 15.8 Å². The number of carbonyl (C=O) groups excluding carboxylic acids is 1. The van der Waals surface area contributed by atoms with Crippen LogP contribution in [-0.4, -0.2) is 35.7 Å². The van der Waals surface area contributed by atoms with E-state index in [1.165, 1.54) is 0 Å². The number of rotatable bonds is 12. The third-order valence-electron chi connectivity index (χ3n) is 4.97. The fourth-order valence-corrected chi connectivity index (χ4v) is 3.13. The number of carbonyl (C=O) groups is 2. The molecule has 4 N–H and O–H groups in total. The van der Waals surface area contributed by atoms with E-state index in [0.717, 1.165) is 16.7 Å². The highest BCUT2D eigenvalue weighted by atomic mass is 16.5. The number of carboxylic acid groups (broad SMARTS) is 1. The zero-order chi connectivity index (χ0) is 23.5. The largest absolute Gasteiger partial charge is 0.489 e. The quantitative estimate of drug-likeness (QED) is 0.393. The average molecular weight is 449 g/mol. The highest BCUT2D eigenvalue weighted by Crippen LogP contribution is 2.15. The smallest absolute Gasteiger partial charge is 0.328 e. The molecular formula is C26H28N2O5. The molecule has 1 amide bonds. The Kier molecular flexibility index (Phi) is 8.99. The number of ether oxygens (including phenoxy) is 2. The third-order valence-corrected chi connectivity index (χ3v) is 4.97. The predicted molar refractivity (Wildman–Crippen MR) is 125 cm³/mol. The molecule has 0 heterocycles. The SMILES string of the molecule is N[C@@H](Cc1ccc(OCc2ccccc2)cc1)C(=O)N[C@H](COCc1ccccc1)C(=O)O. The number of nitrogens with two attached hydrogens (primary N) is 1. The maximum atomic E-state index is 12.4. The van der Waals surface area contributed by atoms with Crippen molar-refractivity contribution < 1.29 is 24.2 Å². The van der Waals surface area contributed by atoms with Crippen LogP contribution in [0, 0.1) is 0 Å². The second-order valence-corrected chi connectivity index (χ2v) is 7.63. The van der Waals surface area contributed by atoms with Crippen LogP contribution in [0.1, 0.15) is 16.7 Å². The summed E-state index contributed by atoms with van der Waals surface area (Å²) in [6.07, 6.45) is 0.266. The Morgan fingerprint density at radius 1 is 0.818 bits per heavy atom. The first-order chi connectivity index (χ1) is 16.0. The molecule has 3 rings (SSSR count). The number of aliphatic carboxylic acids is 1. The van der Waals surface area contributed by atoms with Gasteiger partial charge in [-0.3, -0.25) is 4.79 Å². The molecule has 0 spiro atoms.